The zero-order valence-electron chi connectivity index (χ0n) is 19.2. The smallest absolute Gasteiger partial charge is 0.426 e. The number of alkyl halides is 2. The highest BCUT2D eigenvalue weighted by Gasteiger charge is 2.36. The van der Waals surface area contributed by atoms with Gasteiger partial charge in [0, 0.05) is 0 Å². The molecular weight excluding hydrogens is 423 g/mol. The van der Waals surface area contributed by atoms with Gasteiger partial charge < -0.3 is 4.74 Å². The summed E-state index contributed by atoms with van der Waals surface area (Å²) >= 11 is 0. The summed E-state index contributed by atoms with van der Waals surface area (Å²) in [6, 6.07) is 11.2. The molecule has 0 radical (unpaired) electrons. The highest BCUT2D eigenvalue weighted by molar-refractivity contribution is 5.35. The van der Waals surface area contributed by atoms with Crippen LogP contribution in [0.3, 0.4) is 0 Å². The lowest BCUT2D eigenvalue weighted by molar-refractivity contribution is -0.185. The first kappa shape index (κ1) is 23.7. The zero-order chi connectivity index (χ0) is 23.4. The molecule has 4 rings (SSSR count). The second-order valence-electron chi connectivity index (χ2n) is 9.80. The van der Waals surface area contributed by atoms with Crippen molar-refractivity contribution in [3.63, 3.8) is 0 Å². The number of nitrogens with zero attached hydrogens (tertiary/aromatic N) is 1. The Kier molecular flexibility index (Phi) is 7.32. The summed E-state index contributed by atoms with van der Waals surface area (Å²) in [5.74, 6) is 2.18. The SMILES string of the molecule is CCC1CCC(C2CCC(c3ccc(OC(F)(F)c4ccc(C#N)c(F)c4)cc3)CC2)CC1. The number of halogens is 3. The molecule has 0 saturated heterocycles. The summed E-state index contributed by atoms with van der Waals surface area (Å²) in [7, 11) is 0. The van der Waals surface area contributed by atoms with E-state index < -0.39 is 17.5 Å². The molecule has 5 heteroatoms. The molecule has 0 aromatic heterocycles. The van der Waals surface area contributed by atoms with E-state index in [1.54, 1.807) is 18.2 Å². The van der Waals surface area contributed by atoms with Gasteiger partial charge in [0.2, 0.25) is 0 Å². The molecule has 2 saturated carbocycles. The van der Waals surface area contributed by atoms with Gasteiger partial charge in [-0.05, 0) is 98.1 Å². The lowest BCUT2D eigenvalue weighted by atomic mass is 9.68. The van der Waals surface area contributed by atoms with E-state index in [9.17, 15) is 13.2 Å². The lowest BCUT2D eigenvalue weighted by Gasteiger charge is -2.38. The van der Waals surface area contributed by atoms with Gasteiger partial charge in [-0.25, -0.2) is 4.39 Å². The van der Waals surface area contributed by atoms with Gasteiger partial charge in [-0.3, -0.25) is 0 Å². The van der Waals surface area contributed by atoms with Gasteiger partial charge in [0.15, 0.2) is 0 Å². The highest BCUT2D eigenvalue weighted by atomic mass is 19.3. The first-order valence-corrected chi connectivity index (χ1v) is 12.3. The zero-order valence-corrected chi connectivity index (χ0v) is 19.2. The molecule has 2 aromatic rings. The minimum atomic E-state index is -3.69. The molecule has 2 fully saturated rings. The summed E-state index contributed by atoms with van der Waals surface area (Å²) in [5, 5.41) is 8.77. The number of rotatable bonds is 6. The lowest BCUT2D eigenvalue weighted by Crippen LogP contribution is -2.25. The Hall–Kier alpha value is -2.48. The Morgan fingerprint density at radius 3 is 2.06 bits per heavy atom. The number of benzene rings is 2. The first-order chi connectivity index (χ1) is 15.9. The standard InChI is InChI=1S/C28H32F3NO/c1-2-19-3-5-20(6-4-19)21-7-9-22(10-8-21)23-12-15-26(16-13-23)33-28(30,31)25-14-11-24(18-32)27(29)17-25/h11-17,19-22H,2-10H2,1H3. The Bertz CT molecular complexity index is 966. The molecule has 0 aliphatic heterocycles. The van der Waals surface area contributed by atoms with E-state index in [-0.39, 0.29) is 11.3 Å². The predicted molar refractivity (Wildman–Crippen MR) is 123 cm³/mol. The van der Waals surface area contributed by atoms with Crippen molar-refractivity contribution in [1.29, 1.82) is 5.26 Å². The monoisotopic (exact) mass is 455 g/mol. The van der Waals surface area contributed by atoms with Crippen LogP contribution in [0.1, 0.15) is 87.3 Å². The molecule has 2 aliphatic rings. The molecule has 2 aromatic carbocycles. The molecule has 0 N–H and O–H groups in total. The van der Waals surface area contributed by atoms with E-state index >= 15 is 0 Å². The van der Waals surface area contributed by atoms with Gasteiger partial charge in [0.1, 0.15) is 17.6 Å². The van der Waals surface area contributed by atoms with Crippen LogP contribution in [0.2, 0.25) is 0 Å². The summed E-state index contributed by atoms with van der Waals surface area (Å²) in [5.41, 5.74) is 0.278. The van der Waals surface area contributed by atoms with Crippen LogP contribution < -0.4 is 4.74 Å². The number of hydrogen-bond acceptors (Lipinski definition) is 2. The minimum Gasteiger partial charge on any atom is -0.429 e. The first-order valence-electron chi connectivity index (χ1n) is 12.3. The second-order valence-corrected chi connectivity index (χ2v) is 9.80. The van der Waals surface area contributed by atoms with Crippen LogP contribution in [0.5, 0.6) is 5.75 Å². The topological polar surface area (TPSA) is 33.0 Å². The molecule has 0 amide bonds. The van der Waals surface area contributed by atoms with Crippen LogP contribution in [0, 0.1) is 34.9 Å². The molecule has 2 aliphatic carbocycles. The summed E-state index contributed by atoms with van der Waals surface area (Å²) in [4.78, 5) is 0. The van der Waals surface area contributed by atoms with E-state index in [1.165, 1.54) is 50.5 Å². The summed E-state index contributed by atoms with van der Waals surface area (Å²) in [6.07, 6.45) is 8.00. The van der Waals surface area contributed by atoms with Gasteiger partial charge in [0.05, 0.1) is 11.1 Å². The number of ether oxygens (including phenoxy) is 1. The van der Waals surface area contributed by atoms with Crippen LogP contribution >= 0.6 is 0 Å². The number of hydrogen-bond donors (Lipinski definition) is 0. The molecule has 2 nitrogen and oxygen atoms in total. The van der Waals surface area contributed by atoms with Crippen molar-refractivity contribution in [1.82, 2.24) is 0 Å². The average molecular weight is 456 g/mol. The number of nitriles is 1. The maximum absolute atomic E-state index is 14.5. The molecule has 33 heavy (non-hydrogen) atoms. The molecule has 0 spiro atoms. The quantitative estimate of drug-likeness (QED) is 0.439. The Labute approximate surface area is 194 Å². The molecule has 0 atom stereocenters. The van der Waals surface area contributed by atoms with Crippen LogP contribution in [-0.2, 0) is 6.11 Å². The van der Waals surface area contributed by atoms with Crippen molar-refractivity contribution in [3.8, 4) is 11.8 Å². The van der Waals surface area contributed by atoms with Crippen LogP contribution in [0.25, 0.3) is 0 Å². The molecular formula is C28H32F3NO. The van der Waals surface area contributed by atoms with E-state index in [4.69, 9.17) is 10.00 Å². The average Bonchev–Trinajstić information content (AvgIpc) is 2.84. The van der Waals surface area contributed by atoms with Crippen LogP contribution in [0.15, 0.2) is 42.5 Å². The van der Waals surface area contributed by atoms with Crippen molar-refractivity contribution in [2.24, 2.45) is 17.8 Å². The Morgan fingerprint density at radius 2 is 1.52 bits per heavy atom. The summed E-state index contributed by atoms with van der Waals surface area (Å²) < 4.78 is 47.7. The second kappa shape index (κ2) is 10.2. The summed E-state index contributed by atoms with van der Waals surface area (Å²) in [6.45, 7) is 2.31. The fourth-order valence-corrected chi connectivity index (χ4v) is 5.79. The molecule has 0 heterocycles. The van der Waals surface area contributed by atoms with Crippen LogP contribution in [0.4, 0.5) is 13.2 Å². The Morgan fingerprint density at radius 1 is 0.909 bits per heavy atom. The van der Waals surface area contributed by atoms with Gasteiger partial charge >= 0.3 is 6.11 Å². The largest absolute Gasteiger partial charge is 0.429 e. The maximum Gasteiger partial charge on any atom is 0.426 e. The van der Waals surface area contributed by atoms with Gasteiger partial charge in [-0.2, -0.15) is 14.0 Å². The van der Waals surface area contributed by atoms with Crippen molar-refractivity contribution in [3.05, 3.63) is 65.0 Å². The van der Waals surface area contributed by atoms with E-state index in [0.29, 0.717) is 12.0 Å². The molecule has 0 unspecified atom stereocenters. The van der Waals surface area contributed by atoms with Gasteiger partial charge in [-0.15, -0.1) is 0 Å². The van der Waals surface area contributed by atoms with Gasteiger partial charge in [0.25, 0.3) is 0 Å². The minimum absolute atomic E-state index is 0.0369. The van der Waals surface area contributed by atoms with Crippen molar-refractivity contribution in [2.75, 3.05) is 0 Å². The third-order valence-corrected chi connectivity index (χ3v) is 7.93. The van der Waals surface area contributed by atoms with Gasteiger partial charge in [-0.1, -0.05) is 38.3 Å². The van der Waals surface area contributed by atoms with E-state index in [1.807, 2.05) is 12.1 Å². The molecule has 0 bridgehead atoms. The highest BCUT2D eigenvalue weighted by Crippen LogP contribution is 2.44. The van der Waals surface area contributed by atoms with E-state index in [2.05, 4.69) is 6.92 Å². The fraction of sp³-hybridized carbons (Fsp3) is 0.536. The third kappa shape index (κ3) is 5.54. The predicted octanol–water partition coefficient (Wildman–Crippen LogP) is 8.32. The van der Waals surface area contributed by atoms with Crippen molar-refractivity contribution < 1.29 is 17.9 Å². The Balaban J connectivity index is 1.32. The normalized spacial score (nSPS) is 25.9. The van der Waals surface area contributed by atoms with Crippen LogP contribution in [-0.4, -0.2) is 0 Å². The third-order valence-electron chi connectivity index (χ3n) is 7.93. The van der Waals surface area contributed by atoms with Crippen molar-refractivity contribution >= 4 is 0 Å². The maximum atomic E-state index is 14.5. The fourth-order valence-electron chi connectivity index (χ4n) is 5.79. The van der Waals surface area contributed by atoms with Crippen molar-refractivity contribution in [2.45, 2.75) is 76.7 Å². The van der Waals surface area contributed by atoms with E-state index in [0.717, 1.165) is 42.7 Å². The molecule has 176 valence electrons.